The fourth-order valence-corrected chi connectivity index (χ4v) is 15.4. The van der Waals surface area contributed by atoms with Gasteiger partial charge in [-0.15, -0.1) is 0 Å². The van der Waals surface area contributed by atoms with Gasteiger partial charge in [0.1, 0.15) is 0 Å². The molecule has 0 saturated heterocycles. The standard InChI is InChI=1S/C29H21NO2.C17H16O2.3C14H13N/c1-17-14-15-18(2)26-25(17)28(31)22-11-7-8-19(27(22)29(26)32)16-30-23-12-5-3-9-20(23)21-10-4-6-13-24(21)30;1-9-5-4-6-12-13(9)17(19)15-11(3)8-7-10(2)14(15)16(12)18;3*1-2-15-13-9-5-3-7-11(13)12-8-4-6-10-14(12)15/h3-15H,16H2,1-2H3;4-8,12-13H,1-3H3;3*3-10H,2H2,1H3. The summed E-state index contributed by atoms with van der Waals surface area (Å²) in [6.07, 6.45) is 5.68. The molecule has 18 rings (SSSR count). The molecular weight excluding hydrogens is 1180 g/mol. The number of hydrogen-bond donors (Lipinski definition) is 0. The molecule has 11 aromatic carbocycles. The maximum absolute atomic E-state index is 13.7. The van der Waals surface area contributed by atoms with Gasteiger partial charge in [-0.25, -0.2) is 0 Å². The van der Waals surface area contributed by atoms with Crippen molar-refractivity contribution in [3.8, 4) is 0 Å². The summed E-state index contributed by atoms with van der Waals surface area (Å²) < 4.78 is 9.34. The third kappa shape index (κ3) is 10.6. The van der Waals surface area contributed by atoms with Crippen molar-refractivity contribution in [2.45, 2.75) is 81.6 Å². The predicted octanol–water partition coefficient (Wildman–Crippen LogP) is 21.1. The minimum atomic E-state index is -0.314. The molecule has 0 saturated carbocycles. The quantitative estimate of drug-likeness (QED) is 0.172. The number of carbonyl (C=O) groups excluding carboxylic acids is 4. The molecule has 0 N–H and O–H groups in total. The zero-order valence-electron chi connectivity index (χ0n) is 55.7. The van der Waals surface area contributed by atoms with Crippen LogP contribution in [0.2, 0.25) is 0 Å². The number of nitrogens with zero attached hydrogens (tertiary/aromatic N) is 4. The zero-order valence-corrected chi connectivity index (χ0v) is 55.7. The molecule has 3 aliphatic rings. The highest BCUT2D eigenvalue weighted by Gasteiger charge is 2.43. The van der Waals surface area contributed by atoms with Gasteiger partial charge in [-0.1, -0.05) is 212 Å². The van der Waals surface area contributed by atoms with E-state index in [0.717, 1.165) is 64.1 Å². The second-order valence-corrected chi connectivity index (χ2v) is 25.4. The number of aryl methyl sites for hydroxylation is 7. The van der Waals surface area contributed by atoms with Crippen LogP contribution in [-0.4, -0.2) is 41.4 Å². The Bertz CT molecular complexity index is 5220. The molecule has 2 atom stereocenters. The van der Waals surface area contributed by atoms with Crippen LogP contribution in [0.1, 0.15) is 108 Å². The molecule has 4 heterocycles. The van der Waals surface area contributed by atoms with E-state index in [9.17, 15) is 19.2 Å². The first-order valence-electron chi connectivity index (χ1n) is 33.5. The largest absolute Gasteiger partial charge is 0.341 e. The molecule has 0 amide bonds. The van der Waals surface area contributed by atoms with Crippen LogP contribution >= 0.6 is 0 Å². The van der Waals surface area contributed by atoms with Gasteiger partial charge in [0.25, 0.3) is 0 Å². The number of para-hydroxylation sites is 8. The summed E-state index contributed by atoms with van der Waals surface area (Å²) in [6, 6.07) is 81.6. The summed E-state index contributed by atoms with van der Waals surface area (Å²) in [5.41, 5.74) is 19.0. The van der Waals surface area contributed by atoms with Gasteiger partial charge in [0.15, 0.2) is 23.1 Å². The summed E-state index contributed by atoms with van der Waals surface area (Å²) in [5, 5.41) is 10.5. The van der Waals surface area contributed by atoms with Crippen molar-refractivity contribution >= 4 is 110 Å². The van der Waals surface area contributed by atoms with E-state index in [1.54, 1.807) is 6.07 Å². The number of allylic oxidation sites excluding steroid dienone is 4. The van der Waals surface area contributed by atoms with Crippen molar-refractivity contribution in [1.82, 2.24) is 18.3 Å². The lowest BCUT2D eigenvalue weighted by molar-refractivity contribution is 0.0792. The SMILES string of the molecule is CC1=CC=CC2C(=O)c3c(C)ccc(C)c3C(=O)C12.CCn1c2ccccc2c2ccccc21.CCn1c2ccccc2c2ccccc21.CCn1c2ccccc2c2ccccc21.Cc1ccc(C)c2c1C(=O)c1cccc(Cn3c4ccccc4c4ccccc43)c1C2=O. The minimum Gasteiger partial charge on any atom is -0.341 e. The smallest absolute Gasteiger partial charge is 0.195 e. The lowest BCUT2D eigenvalue weighted by Gasteiger charge is -2.32. The first-order chi connectivity index (χ1) is 46.8. The van der Waals surface area contributed by atoms with E-state index in [1.807, 2.05) is 114 Å². The van der Waals surface area contributed by atoms with E-state index < -0.39 is 0 Å². The molecule has 2 unspecified atom stereocenters. The van der Waals surface area contributed by atoms with Crippen molar-refractivity contribution in [2.75, 3.05) is 0 Å². The highest BCUT2D eigenvalue weighted by atomic mass is 16.1. The molecule has 0 aliphatic heterocycles. The van der Waals surface area contributed by atoms with Gasteiger partial charge in [-0.05, 0) is 132 Å². The Morgan fingerprint density at radius 2 is 0.604 bits per heavy atom. The highest BCUT2D eigenvalue weighted by Crippen LogP contribution is 2.41. The molecule has 0 radical (unpaired) electrons. The molecule has 0 fully saturated rings. The normalized spacial score (nSPS) is 14.5. The van der Waals surface area contributed by atoms with Gasteiger partial charge < -0.3 is 18.3 Å². The number of Topliss-reactive ketones (excluding diaryl/α,β-unsaturated/α-hetero) is 2. The lowest BCUT2D eigenvalue weighted by Crippen LogP contribution is -2.38. The van der Waals surface area contributed by atoms with Gasteiger partial charge >= 0.3 is 0 Å². The van der Waals surface area contributed by atoms with Crippen LogP contribution in [0.5, 0.6) is 0 Å². The first kappa shape index (κ1) is 62.2. The maximum atomic E-state index is 13.7. The number of aromatic nitrogens is 4. The van der Waals surface area contributed by atoms with Gasteiger partial charge in [0.05, 0.1) is 11.8 Å². The summed E-state index contributed by atoms with van der Waals surface area (Å²) in [5.74, 6) is -0.536. The number of carbonyl (C=O) groups is 4. The van der Waals surface area contributed by atoms with Crippen molar-refractivity contribution in [3.05, 3.63) is 322 Å². The van der Waals surface area contributed by atoms with Gasteiger partial charge in [0.2, 0.25) is 0 Å². The Morgan fingerprint density at radius 3 is 0.948 bits per heavy atom. The molecule has 3 aliphatic carbocycles. The van der Waals surface area contributed by atoms with Crippen molar-refractivity contribution in [1.29, 1.82) is 0 Å². The van der Waals surface area contributed by atoms with Crippen LogP contribution in [0.3, 0.4) is 0 Å². The fourth-order valence-electron chi connectivity index (χ4n) is 15.4. The van der Waals surface area contributed by atoms with Crippen molar-refractivity contribution < 1.29 is 19.2 Å². The highest BCUT2D eigenvalue weighted by molar-refractivity contribution is 6.30. The molecule has 0 spiro atoms. The molecule has 4 aromatic heterocycles. The second kappa shape index (κ2) is 25.9. The second-order valence-electron chi connectivity index (χ2n) is 25.4. The van der Waals surface area contributed by atoms with Crippen LogP contribution in [-0.2, 0) is 26.2 Å². The average molecular weight is 1250 g/mol. The Morgan fingerprint density at radius 1 is 0.302 bits per heavy atom. The Balaban J connectivity index is 0.000000108. The van der Waals surface area contributed by atoms with Crippen molar-refractivity contribution in [3.63, 3.8) is 0 Å². The number of rotatable bonds is 5. The van der Waals surface area contributed by atoms with Crippen LogP contribution in [0.4, 0.5) is 0 Å². The zero-order chi connectivity index (χ0) is 66.5. The van der Waals surface area contributed by atoms with Crippen LogP contribution < -0.4 is 0 Å². The fraction of sp³-hybridized carbons (Fsp3) is 0.159. The molecule has 15 aromatic rings. The predicted molar refractivity (Wildman–Crippen MR) is 398 cm³/mol. The van der Waals surface area contributed by atoms with E-state index in [2.05, 4.69) is 209 Å². The average Bonchev–Trinajstić information content (AvgIpc) is 1.27. The van der Waals surface area contributed by atoms with E-state index in [0.29, 0.717) is 39.9 Å². The van der Waals surface area contributed by atoms with Crippen molar-refractivity contribution in [2.24, 2.45) is 11.8 Å². The number of ketones is 4. The monoisotopic (exact) mass is 1250 g/mol. The van der Waals surface area contributed by atoms with Crippen LogP contribution in [0, 0.1) is 39.5 Å². The number of benzene rings is 11. The molecule has 8 heteroatoms. The molecular formula is C88H76N4O4. The third-order valence-corrected chi connectivity index (χ3v) is 19.9. The molecule has 8 nitrogen and oxygen atoms in total. The topological polar surface area (TPSA) is 88.0 Å². The maximum Gasteiger partial charge on any atom is 0.195 e. The Kier molecular flexibility index (Phi) is 16.8. The summed E-state index contributed by atoms with van der Waals surface area (Å²) in [7, 11) is 0. The molecule has 472 valence electrons. The molecule has 96 heavy (non-hydrogen) atoms. The Hall–Kier alpha value is -11.2. The van der Waals surface area contributed by atoms with Crippen LogP contribution in [0.15, 0.2) is 260 Å². The molecule has 0 bridgehead atoms. The van der Waals surface area contributed by atoms with E-state index in [-0.39, 0.29) is 35.0 Å². The van der Waals surface area contributed by atoms with Gasteiger partial charge in [-0.3, -0.25) is 19.2 Å². The Labute approximate surface area is 559 Å². The lowest BCUT2D eigenvalue weighted by atomic mass is 9.68. The van der Waals surface area contributed by atoms with E-state index in [1.165, 1.54) is 76.2 Å². The van der Waals surface area contributed by atoms with E-state index in [4.69, 9.17) is 0 Å². The number of hydrogen-bond acceptors (Lipinski definition) is 4. The summed E-state index contributed by atoms with van der Waals surface area (Å²) >= 11 is 0. The van der Waals surface area contributed by atoms with E-state index >= 15 is 0 Å². The summed E-state index contributed by atoms with van der Waals surface area (Å²) in [6.45, 7) is 19.7. The van der Waals surface area contributed by atoms with Gasteiger partial charge in [-0.2, -0.15) is 0 Å². The van der Waals surface area contributed by atoms with Gasteiger partial charge in [0, 0.05) is 147 Å². The third-order valence-electron chi connectivity index (χ3n) is 19.9. The number of fused-ring (bicyclic) bond motifs is 16. The summed E-state index contributed by atoms with van der Waals surface area (Å²) in [4.78, 5) is 52.6. The minimum absolute atomic E-state index is 0.0489. The van der Waals surface area contributed by atoms with Crippen LogP contribution in [0.25, 0.3) is 87.2 Å². The first-order valence-corrected chi connectivity index (χ1v) is 33.5.